The van der Waals surface area contributed by atoms with Crippen molar-refractivity contribution in [3.05, 3.63) is 33.3 Å². The maximum Gasteiger partial charge on any atom is 0.208 e. The molecule has 6 heteroatoms. The van der Waals surface area contributed by atoms with Crippen molar-refractivity contribution in [1.29, 1.82) is 0 Å². The van der Waals surface area contributed by atoms with Gasteiger partial charge in [0.1, 0.15) is 0 Å². The molecule has 0 aliphatic carbocycles. The Morgan fingerprint density at radius 1 is 1.22 bits per heavy atom. The largest absolute Gasteiger partial charge is 0.353 e. The molecule has 0 spiro atoms. The summed E-state index contributed by atoms with van der Waals surface area (Å²) in [4.78, 5) is 4.41. The lowest BCUT2D eigenvalue weighted by molar-refractivity contribution is 0.0633. The van der Waals surface area contributed by atoms with E-state index in [4.69, 9.17) is 23.2 Å². The first-order valence-electron chi connectivity index (χ1n) is 5.89. The number of hydrogen-bond acceptors (Lipinski definition) is 4. The molecule has 2 aliphatic heterocycles. The molecule has 3 rings (SSSR count). The van der Waals surface area contributed by atoms with Crippen molar-refractivity contribution in [3.63, 3.8) is 0 Å². The standard InChI is InChI=1S/C12H14Cl2N4/c1-17(12-15-4-5-16-12)18-6-8-9(7-18)11(14)3-2-10(8)13/h2-3H,4-7H2,1H3,(H,15,16). The summed E-state index contributed by atoms with van der Waals surface area (Å²) in [5.74, 6) is 0.912. The normalized spacial score (nSPS) is 18.5. The van der Waals surface area contributed by atoms with Gasteiger partial charge in [0, 0.05) is 36.7 Å². The molecule has 0 bridgehead atoms. The summed E-state index contributed by atoms with van der Waals surface area (Å²) in [6.45, 7) is 3.28. The van der Waals surface area contributed by atoms with E-state index < -0.39 is 0 Å². The van der Waals surface area contributed by atoms with Gasteiger partial charge in [-0.15, -0.1) is 0 Å². The van der Waals surface area contributed by atoms with Crippen LogP contribution in [-0.4, -0.2) is 36.1 Å². The van der Waals surface area contributed by atoms with Crippen molar-refractivity contribution in [1.82, 2.24) is 15.3 Å². The number of aliphatic imine (C=N–C) groups is 1. The van der Waals surface area contributed by atoms with E-state index in [0.29, 0.717) is 0 Å². The fourth-order valence-corrected chi connectivity index (χ4v) is 2.82. The van der Waals surface area contributed by atoms with E-state index >= 15 is 0 Å². The zero-order valence-corrected chi connectivity index (χ0v) is 11.6. The van der Waals surface area contributed by atoms with Crippen molar-refractivity contribution in [2.45, 2.75) is 13.1 Å². The quantitative estimate of drug-likeness (QED) is 0.857. The predicted octanol–water partition coefficient (Wildman–Crippen LogP) is 2.12. The van der Waals surface area contributed by atoms with Gasteiger partial charge in [0.15, 0.2) is 0 Å². The summed E-state index contributed by atoms with van der Waals surface area (Å²) in [6, 6.07) is 3.72. The molecule has 1 aromatic carbocycles. The second kappa shape index (κ2) is 4.61. The van der Waals surface area contributed by atoms with E-state index in [2.05, 4.69) is 15.3 Å². The van der Waals surface area contributed by atoms with Crippen LogP contribution in [0.4, 0.5) is 0 Å². The second-order valence-corrected chi connectivity index (χ2v) is 5.28. The lowest BCUT2D eigenvalue weighted by atomic mass is 10.1. The van der Waals surface area contributed by atoms with Crippen LogP contribution in [0.1, 0.15) is 11.1 Å². The van der Waals surface area contributed by atoms with Crippen molar-refractivity contribution >= 4 is 29.2 Å². The predicted molar refractivity (Wildman–Crippen MR) is 73.8 cm³/mol. The van der Waals surface area contributed by atoms with Gasteiger partial charge in [0.2, 0.25) is 5.96 Å². The number of hydrogen-bond donors (Lipinski definition) is 1. The molecule has 18 heavy (non-hydrogen) atoms. The molecule has 1 N–H and O–H groups in total. The lowest BCUT2D eigenvalue weighted by Crippen LogP contribution is -2.45. The van der Waals surface area contributed by atoms with Gasteiger partial charge in [0.05, 0.1) is 6.54 Å². The number of nitrogens with zero attached hydrogens (tertiary/aromatic N) is 3. The maximum absolute atomic E-state index is 6.22. The molecule has 4 nitrogen and oxygen atoms in total. The fourth-order valence-electron chi connectivity index (χ4n) is 2.35. The van der Waals surface area contributed by atoms with Crippen LogP contribution >= 0.6 is 23.2 Å². The molecule has 96 valence electrons. The van der Waals surface area contributed by atoms with Crippen LogP contribution < -0.4 is 5.32 Å². The summed E-state index contributed by atoms with van der Waals surface area (Å²) in [6.07, 6.45) is 0. The minimum absolute atomic E-state index is 0.770. The molecule has 0 atom stereocenters. The van der Waals surface area contributed by atoms with E-state index in [1.807, 2.05) is 24.2 Å². The summed E-state index contributed by atoms with van der Waals surface area (Å²) in [5.41, 5.74) is 2.24. The van der Waals surface area contributed by atoms with E-state index in [1.54, 1.807) is 0 Å². The molecule has 0 amide bonds. The van der Waals surface area contributed by atoms with Crippen molar-refractivity contribution in [3.8, 4) is 0 Å². The maximum atomic E-state index is 6.22. The SMILES string of the molecule is CN(C1=NCCN1)N1Cc2c(Cl)ccc(Cl)c2C1. The average molecular weight is 285 g/mol. The third-order valence-corrected chi connectivity index (χ3v) is 4.09. The monoisotopic (exact) mass is 284 g/mol. The molecule has 0 unspecified atom stereocenters. The molecule has 0 aromatic heterocycles. The van der Waals surface area contributed by atoms with Gasteiger partial charge in [-0.05, 0) is 23.3 Å². The van der Waals surface area contributed by atoms with Crippen LogP contribution in [0.3, 0.4) is 0 Å². The summed E-state index contributed by atoms with van der Waals surface area (Å²) >= 11 is 12.4. The van der Waals surface area contributed by atoms with E-state index in [1.165, 1.54) is 0 Å². The average Bonchev–Trinajstić information content (AvgIpc) is 3.01. The van der Waals surface area contributed by atoms with Gasteiger partial charge in [0.25, 0.3) is 0 Å². The Balaban J connectivity index is 1.84. The zero-order valence-electron chi connectivity index (χ0n) is 10.1. The van der Waals surface area contributed by atoms with Crippen molar-refractivity contribution in [2.75, 3.05) is 20.1 Å². The summed E-state index contributed by atoms with van der Waals surface area (Å²) in [7, 11) is 2.00. The second-order valence-electron chi connectivity index (χ2n) is 4.46. The van der Waals surface area contributed by atoms with E-state index in [-0.39, 0.29) is 0 Å². The smallest absolute Gasteiger partial charge is 0.208 e. The molecule has 2 aliphatic rings. The number of fused-ring (bicyclic) bond motifs is 1. The topological polar surface area (TPSA) is 30.9 Å². The van der Waals surface area contributed by atoms with Gasteiger partial charge in [-0.2, -0.15) is 0 Å². The molecule has 2 heterocycles. The van der Waals surface area contributed by atoms with E-state index in [9.17, 15) is 0 Å². The first-order chi connectivity index (χ1) is 8.66. The molecule has 0 fully saturated rings. The lowest BCUT2D eigenvalue weighted by Gasteiger charge is -2.29. The van der Waals surface area contributed by atoms with Gasteiger partial charge in [-0.25, -0.2) is 5.01 Å². The minimum Gasteiger partial charge on any atom is -0.353 e. The Hall–Kier alpha value is -0.970. The van der Waals surface area contributed by atoms with Crippen molar-refractivity contribution in [2.24, 2.45) is 4.99 Å². The molecule has 1 aromatic rings. The minimum atomic E-state index is 0.770. The number of benzene rings is 1. The van der Waals surface area contributed by atoms with Gasteiger partial charge < -0.3 is 5.32 Å². The summed E-state index contributed by atoms with van der Waals surface area (Å²) in [5, 5.41) is 9.05. The van der Waals surface area contributed by atoms with Gasteiger partial charge in [-0.3, -0.25) is 10.0 Å². The van der Waals surface area contributed by atoms with Crippen LogP contribution in [0.15, 0.2) is 17.1 Å². The third kappa shape index (κ3) is 1.94. The Morgan fingerprint density at radius 3 is 2.33 bits per heavy atom. The van der Waals surface area contributed by atoms with Crippen LogP contribution in [0, 0.1) is 0 Å². The van der Waals surface area contributed by atoms with Gasteiger partial charge in [-0.1, -0.05) is 23.2 Å². The first-order valence-corrected chi connectivity index (χ1v) is 6.65. The number of rotatable bonds is 1. The zero-order chi connectivity index (χ0) is 12.7. The Kier molecular flexibility index (Phi) is 3.09. The molecule has 0 saturated heterocycles. The molecule has 0 radical (unpaired) electrons. The number of halogens is 2. The fraction of sp³-hybridized carbons (Fsp3) is 0.417. The van der Waals surface area contributed by atoms with Crippen molar-refractivity contribution < 1.29 is 0 Å². The van der Waals surface area contributed by atoms with Crippen LogP contribution in [0.25, 0.3) is 0 Å². The Morgan fingerprint density at radius 2 is 1.83 bits per heavy atom. The van der Waals surface area contributed by atoms with Crippen LogP contribution in [0.2, 0.25) is 10.0 Å². The van der Waals surface area contributed by atoms with E-state index in [0.717, 1.165) is 53.3 Å². The number of guanidine groups is 1. The highest BCUT2D eigenvalue weighted by Gasteiger charge is 2.28. The highest BCUT2D eigenvalue weighted by atomic mass is 35.5. The van der Waals surface area contributed by atoms with Crippen LogP contribution in [-0.2, 0) is 13.1 Å². The number of hydrazine groups is 1. The third-order valence-electron chi connectivity index (χ3n) is 3.39. The Bertz CT molecular complexity index is 484. The first kappa shape index (κ1) is 12.1. The summed E-state index contributed by atoms with van der Waals surface area (Å²) < 4.78 is 0. The van der Waals surface area contributed by atoms with Crippen LogP contribution in [0.5, 0.6) is 0 Å². The molecule has 0 saturated carbocycles. The molecular formula is C12H14Cl2N4. The van der Waals surface area contributed by atoms with Gasteiger partial charge >= 0.3 is 0 Å². The highest BCUT2D eigenvalue weighted by molar-refractivity contribution is 6.34. The molecular weight excluding hydrogens is 271 g/mol. The Labute approximate surface area is 116 Å². The highest BCUT2D eigenvalue weighted by Crippen LogP contribution is 2.34. The number of nitrogens with one attached hydrogen (secondary N) is 1.